The lowest BCUT2D eigenvalue weighted by molar-refractivity contribution is -0.165. The second-order valence-electron chi connectivity index (χ2n) is 2.67. The molecule has 0 saturated heterocycles. The monoisotopic (exact) mass is 244 g/mol. The van der Waals surface area contributed by atoms with Crippen LogP contribution in [0.25, 0.3) is 0 Å². The first-order chi connectivity index (χ1) is 6.38. The molecule has 1 heterocycles. The molecule has 7 heteroatoms. The fraction of sp³-hybridized carbons (Fsp3) is 0.571. The van der Waals surface area contributed by atoms with Crippen LogP contribution in [0.15, 0.2) is 11.1 Å². The van der Waals surface area contributed by atoms with Gasteiger partial charge in [0.05, 0.1) is 11.1 Å². The van der Waals surface area contributed by atoms with Crippen LogP contribution >= 0.6 is 23.4 Å². The summed E-state index contributed by atoms with van der Waals surface area (Å²) in [7, 11) is 0. The van der Waals surface area contributed by atoms with Gasteiger partial charge in [-0.15, -0.1) is 11.8 Å². The lowest BCUT2D eigenvalue weighted by Gasteiger charge is -2.16. The largest absolute Gasteiger partial charge is 0.410 e. The Morgan fingerprint density at radius 1 is 1.57 bits per heavy atom. The van der Waals surface area contributed by atoms with Gasteiger partial charge >= 0.3 is 6.18 Å². The molecule has 0 aliphatic heterocycles. The molecule has 0 bridgehead atoms. The molecule has 0 N–H and O–H groups in total. The number of hydrogen-bond acceptors (Lipinski definition) is 2. The molecule has 1 aromatic heterocycles. The maximum Gasteiger partial charge on any atom is 0.410 e. The van der Waals surface area contributed by atoms with Crippen molar-refractivity contribution in [1.82, 2.24) is 9.78 Å². The Balaban J connectivity index is 3.02. The van der Waals surface area contributed by atoms with Crippen molar-refractivity contribution in [3.8, 4) is 0 Å². The molecule has 0 saturated carbocycles. The van der Waals surface area contributed by atoms with E-state index >= 15 is 0 Å². The van der Waals surface area contributed by atoms with Gasteiger partial charge in [0.25, 0.3) is 0 Å². The molecule has 1 rings (SSSR count). The summed E-state index contributed by atoms with van der Waals surface area (Å²) in [5.41, 5.74) is 0. The van der Waals surface area contributed by atoms with Crippen LogP contribution < -0.4 is 0 Å². The van der Waals surface area contributed by atoms with Gasteiger partial charge in [0, 0.05) is 0 Å². The second-order valence-corrected chi connectivity index (χ2v) is 3.87. The van der Waals surface area contributed by atoms with Crippen molar-refractivity contribution in [2.45, 2.75) is 24.0 Å². The van der Waals surface area contributed by atoms with Crippen LogP contribution in [0.3, 0.4) is 0 Å². The maximum atomic E-state index is 12.3. The third kappa shape index (κ3) is 2.17. The summed E-state index contributed by atoms with van der Waals surface area (Å²) in [6, 6.07) is -1.70. The average Bonchev–Trinajstić information content (AvgIpc) is 2.43. The molecule has 0 fully saturated rings. The molecule has 1 atom stereocenters. The minimum atomic E-state index is -4.33. The van der Waals surface area contributed by atoms with E-state index in [2.05, 4.69) is 5.10 Å². The van der Waals surface area contributed by atoms with Gasteiger partial charge in [-0.2, -0.15) is 18.3 Å². The van der Waals surface area contributed by atoms with Crippen molar-refractivity contribution < 1.29 is 13.2 Å². The average molecular weight is 245 g/mol. The van der Waals surface area contributed by atoms with Crippen LogP contribution in [0.2, 0.25) is 5.15 Å². The molecule has 0 radical (unpaired) electrons. The zero-order chi connectivity index (χ0) is 10.9. The minimum Gasteiger partial charge on any atom is -0.241 e. The molecule has 0 amide bonds. The number of aromatic nitrogens is 2. The SMILES string of the molecule is CSc1cnn(C(C)C(F)(F)F)c1Cl. The third-order valence-electron chi connectivity index (χ3n) is 1.76. The van der Waals surface area contributed by atoms with Crippen LogP contribution in [0.1, 0.15) is 13.0 Å². The third-order valence-corrected chi connectivity index (χ3v) is 2.99. The summed E-state index contributed by atoms with van der Waals surface area (Å²) in [5.74, 6) is 0. The molecule has 14 heavy (non-hydrogen) atoms. The van der Waals surface area contributed by atoms with E-state index in [1.165, 1.54) is 18.0 Å². The highest BCUT2D eigenvalue weighted by atomic mass is 35.5. The Kier molecular flexibility index (Phi) is 3.36. The van der Waals surface area contributed by atoms with Crippen LogP contribution in [-0.4, -0.2) is 22.2 Å². The zero-order valence-corrected chi connectivity index (χ0v) is 9.04. The smallest absolute Gasteiger partial charge is 0.241 e. The zero-order valence-electron chi connectivity index (χ0n) is 7.47. The fourth-order valence-electron chi connectivity index (χ4n) is 0.877. The number of hydrogen-bond donors (Lipinski definition) is 0. The van der Waals surface area contributed by atoms with Crippen molar-refractivity contribution in [3.05, 3.63) is 11.3 Å². The van der Waals surface area contributed by atoms with E-state index < -0.39 is 12.2 Å². The normalized spacial score (nSPS) is 14.4. The van der Waals surface area contributed by atoms with Crippen LogP contribution in [0, 0.1) is 0 Å². The van der Waals surface area contributed by atoms with E-state index in [4.69, 9.17) is 11.6 Å². The van der Waals surface area contributed by atoms with Crippen molar-refractivity contribution in [2.24, 2.45) is 0 Å². The van der Waals surface area contributed by atoms with Crippen molar-refractivity contribution >= 4 is 23.4 Å². The standard InChI is InChI=1S/C7H8ClF3N2S/c1-4(7(9,10)11)13-6(8)5(14-2)3-12-13/h3-4H,1-2H3. The molecular weight excluding hydrogens is 237 g/mol. The first-order valence-electron chi connectivity index (χ1n) is 3.71. The molecule has 1 aromatic rings. The highest BCUT2D eigenvalue weighted by molar-refractivity contribution is 7.98. The van der Waals surface area contributed by atoms with Gasteiger partial charge in [-0.1, -0.05) is 11.6 Å². The number of nitrogens with zero attached hydrogens (tertiary/aromatic N) is 2. The maximum absolute atomic E-state index is 12.3. The summed E-state index contributed by atoms with van der Waals surface area (Å²) < 4.78 is 37.7. The van der Waals surface area contributed by atoms with Gasteiger partial charge in [0.2, 0.25) is 0 Å². The summed E-state index contributed by atoms with van der Waals surface area (Å²) in [6.45, 7) is 1.02. The van der Waals surface area contributed by atoms with Crippen molar-refractivity contribution in [2.75, 3.05) is 6.26 Å². The predicted molar refractivity (Wildman–Crippen MR) is 49.8 cm³/mol. The van der Waals surface area contributed by atoms with E-state index in [0.29, 0.717) is 4.90 Å². The van der Waals surface area contributed by atoms with E-state index in [1.807, 2.05) is 0 Å². The molecule has 0 aliphatic carbocycles. The number of alkyl halides is 3. The van der Waals surface area contributed by atoms with E-state index in [1.54, 1.807) is 6.26 Å². The van der Waals surface area contributed by atoms with E-state index in [9.17, 15) is 13.2 Å². The first-order valence-corrected chi connectivity index (χ1v) is 5.32. The Hall–Kier alpha value is -0.360. The molecule has 1 unspecified atom stereocenters. The van der Waals surface area contributed by atoms with Crippen molar-refractivity contribution in [1.29, 1.82) is 0 Å². The number of halogens is 4. The Morgan fingerprint density at radius 2 is 2.14 bits per heavy atom. The summed E-state index contributed by atoms with van der Waals surface area (Å²) in [4.78, 5) is 0.544. The topological polar surface area (TPSA) is 17.8 Å². The van der Waals surface area contributed by atoms with E-state index in [0.717, 1.165) is 11.6 Å². The quantitative estimate of drug-likeness (QED) is 0.743. The van der Waals surface area contributed by atoms with Crippen molar-refractivity contribution in [3.63, 3.8) is 0 Å². The van der Waals surface area contributed by atoms with Crippen LogP contribution in [0.4, 0.5) is 13.2 Å². The molecule has 2 nitrogen and oxygen atoms in total. The minimum absolute atomic E-state index is 0.0299. The Bertz CT molecular complexity index is 323. The predicted octanol–water partition coefficient (Wildman–Crippen LogP) is 3.38. The molecule has 0 spiro atoms. The summed E-state index contributed by atoms with van der Waals surface area (Å²) in [5, 5.41) is 3.63. The van der Waals surface area contributed by atoms with Gasteiger partial charge in [-0.25, -0.2) is 4.68 Å². The Labute approximate surface area is 88.4 Å². The number of thioether (sulfide) groups is 1. The molecule has 80 valence electrons. The van der Waals surface area contributed by atoms with Gasteiger partial charge in [0.1, 0.15) is 11.2 Å². The summed E-state index contributed by atoms with van der Waals surface area (Å²) >= 11 is 6.97. The highest BCUT2D eigenvalue weighted by Crippen LogP contribution is 2.34. The van der Waals surface area contributed by atoms with Gasteiger partial charge in [-0.3, -0.25) is 0 Å². The highest BCUT2D eigenvalue weighted by Gasteiger charge is 2.39. The van der Waals surface area contributed by atoms with Gasteiger partial charge in [-0.05, 0) is 13.2 Å². The molecular formula is C7H8ClF3N2S. The fourth-order valence-corrected chi connectivity index (χ4v) is 1.76. The molecule has 0 aliphatic rings. The lowest BCUT2D eigenvalue weighted by Crippen LogP contribution is -2.24. The second kappa shape index (κ2) is 4.02. The first kappa shape index (κ1) is 11.7. The lowest BCUT2D eigenvalue weighted by atomic mass is 10.3. The summed E-state index contributed by atoms with van der Waals surface area (Å²) in [6.07, 6.45) is -1.27. The van der Waals surface area contributed by atoms with E-state index in [-0.39, 0.29) is 5.15 Å². The van der Waals surface area contributed by atoms with Crippen LogP contribution in [0.5, 0.6) is 0 Å². The van der Waals surface area contributed by atoms with Crippen LogP contribution in [-0.2, 0) is 0 Å². The molecule has 0 aromatic carbocycles. The Morgan fingerprint density at radius 3 is 2.50 bits per heavy atom. The van der Waals surface area contributed by atoms with Gasteiger partial charge < -0.3 is 0 Å². The number of rotatable bonds is 2. The van der Waals surface area contributed by atoms with Gasteiger partial charge in [0.15, 0.2) is 0 Å².